The topological polar surface area (TPSA) is 53.4 Å². The van der Waals surface area contributed by atoms with Gasteiger partial charge in [-0.3, -0.25) is 4.98 Å². The zero-order chi connectivity index (χ0) is 19.1. The molecule has 1 aromatic heterocycles. The van der Waals surface area contributed by atoms with Crippen molar-refractivity contribution in [2.24, 2.45) is 5.41 Å². The normalized spacial score (nSPS) is 22.1. The van der Waals surface area contributed by atoms with Crippen LogP contribution in [0.1, 0.15) is 108 Å². The molecular weight excluding hydrogens is 298 g/mol. The van der Waals surface area contributed by atoms with Gasteiger partial charge in [0.2, 0.25) is 0 Å². The molecule has 2 rings (SSSR count). The van der Waals surface area contributed by atoms with Gasteiger partial charge in [-0.05, 0) is 36.7 Å². The van der Waals surface area contributed by atoms with Crippen molar-refractivity contribution in [3.8, 4) is 0 Å². The molecule has 2 unspecified atom stereocenters. The quantitative estimate of drug-likeness (QED) is 0.770. The van der Waals surface area contributed by atoms with Crippen molar-refractivity contribution in [1.82, 2.24) is 4.98 Å². The molecule has 2 atom stereocenters. The predicted molar refractivity (Wildman–Crippen MR) is 103 cm³/mol. The monoisotopic (exact) mass is 337 g/mol. The smallest absolute Gasteiger partial charge is 0.0815 e. The maximum atomic E-state index is 10.5. The Kier molecular flexibility index (Phi) is 9.76. The standard InChI is InChI=1S/C17H27NO2.2C2H6/c1-6-17(5)7-13-15(14(20)8-17)11(4)12(9-19)16(18-13)10(2)3;2*1-2/h10,14,19-20H,6-9H2,1-5H3;2*1-2H3. The Balaban J connectivity index is 0.00000123. The van der Waals surface area contributed by atoms with E-state index in [4.69, 9.17) is 4.98 Å². The van der Waals surface area contributed by atoms with Gasteiger partial charge in [0, 0.05) is 22.5 Å². The molecule has 1 aromatic rings. The van der Waals surface area contributed by atoms with Crippen LogP contribution in [-0.2, 0) is 13.0 Å². The van der Waals surface area contributed by atoms with Gasteiger partial charge >= 0.3 is 0 Å². The van der Waals surface area contributed by atoms with Gasteiger partial charge in [0.05, 0.1) is 12.7 Å². The first kappa shape index (κ1) is 23.1. The van der Waals surface area contributed by atoms with Gasteiger partial charge in [-0.2, -0.15) is 0 Å². The van der Waals surface area contributed by atoms with Gasteiger partial charge in [0.25, 0.3) is 0 Å². The Hall–Kier alpha value is -0.930. The van der Waals surface area contributed by atoms with Crippen molar-refractivity contribution in [1.29, 1.82) is 0 Å². The molecular formula is C21H39NO2. The Morgan fingerprint density at radius 2 is 1.75 bits per heavy atom. The van der Waals surface area contributed by atoms with Crippen LogP contribution in [0.25, 0.3) is 0 Å². The Morgan fingerprint density at radius 3 is 2.17 bits per heavy atom. The van der Waals surface area contributed by atoms with Crippen LogP contribution in [0, 0.1) is 12.3 Å². The van der Waals surface area contributed by atoms with Gasteiger partial charge < -0.3 is 10.2 Å². The molecule has 2 N–H and O–H groups in total. The number of pyridine rings is 1. The number of aromatic nitrogens is 1. The highest BCUT2D eigenvalue weighted by molar-refractivity contribution is 5.43. The summed E-state index contributed by atoms with van der Waals surface area (Å²) >= 11 is 0. The molecule has 0 amide bonds. The third-order valence-corrected chi connectivity index (χ3v) is 4.90. The van der Waals surface area contributed by atoms with Crippen LogP contribution in [0.2, 0.25) is 0 Å². The summed E-state index contributed by atoms with van der Waals surface area (Å²) in [7, 11) is 0. The number of rotatable bonds is 3. The van der Waals surface area contributed by atoms with E-state index < -0.39 is 6.10 Å². The number of aliphatic hydroxyl groups excluding tert-OH is 2. The summed E-state index contributed by atoms with van der Waals surface area (Å²) < 4.78 is 0. The Bertz CT molecular complexity index is 511. The molecule has 0 aromatic carbocycles. The largest absolute Gasteiger partial charge is 0.392 e. The van der Waals surface area contributed by atoms with Crippen LogP contribution in [0.5, 0.6) is 0 Å². The lowest BCUT2D eigenvalue weighted by atomic mass is 9.70. The van der Waals surface area contributed by atoms with Gasteiger partial charge in [0.1, 0.15) is 0 Å². The van der Waals surface area contributed by atoms with Crippen molar-refractivity contribution in [2.75, 3.05) is 0 Å². The number of nitrogens with zero attached hydrogens (tertiary/aromatic N) is 1. The first-order valence-corrected chi connectivity index (χ1v) is 9.64. The third kappa shape index (κ3) is 4.80. The maximum absolute atomic E-state index is 10.5. The first-order valence-electron chi connectivity index (χ1n) is 9.64. The highest BCUT2D eigenvalue weighted by Gasteiger charge is 2.36. The molecule has 24 heavy (non-hydrogen) atoms. The summed E-state index contributed by atoms with van der Waals surface area (Å²) in [6.07, 6.45) is 2.29. The lowest BCUT2D eigenvalue weighted by Gasteiger charge is -2.38. The summed E-state index contributed by atoms with van der Waals surface area (Å²) in [6.45, 7) is 18.6. The summed E-state index contributed by atoms with van der Waals surface area (Å²) in [5.41, 5.74) is 5.04. The molecule has 0 bridgehead atoms. The van der Waals surface area contributed by atoms with Crippen LogP contribution in [0.15, 0.2) is 0 Å². The van der Waals surface area contributed by atoms with Crippen molar-refractivity contribution >= 4 is 0 Å². The second-order valence-electron chi connectivity index (χ2n) is 6.83. The third-order valence-electron chi connectivity index (χ3n) is 4.90. The van der Waals surface area contributed by atoms with Crippen molar-refractivity contribution in [3.63, 3.8) is 0 Å². The van der Waals surface area contributed by atoms with E-state index in [1.165, 1.54) is 0 Å². The van der Waals surface area contributed by atoms with E-state index in [0.717, 1.165) is 47.3 Å². The van der Waals surface area contributed by atoms with Gasteiger partial charge in [-0.25, -0.2) is 0 Å². The van der Waals surface area contributed by atoms with Crippen LogP contribution >= 0.6 is 0 Å². The molecule has 0 saturated heterocycles. The van der Waals surface area contributed by atoms with Gasteiger partial charge in [-0.15, -0.1) is 0 Å². The van der Waals surface area contributed by atoms with Crippen molar-refractivity contribution in [3.05, 3.63) is 28.1 Å². The van der Waals surface area contributed by atoms with Crippen LogP contribution in [0.4, 0.5) is 0 Å². The summed E-state index contributed by atoms with van der Waals surface area (Å²) in [6, 6.07) is 0. The van der Waals surface area contributed by atoms with E-state index in [0.29, 0.717) is 0 Å². The molecule has 1 heterocycles. The van der Waals surface area contributed by atoms with E-state index in [1.54, 1.807) is 0 Å². The molecule has 0 fully saturated rings. The highest BCUT2D eigenvalue weighted by Crippen LogP contribution is 2.44. The van der Waals surface area contributed by atoms with Crippen molar-refractivity contribution < 1.29 is 10.2 Å². The maximum Gasteiger partial charge on any atom is 0.0815 e. The highest BCUT2D eigenvalue weighted by atomic mass is 16.3. The Morgan fingerprint density at radius 1 is 1.21 bits per heavy atom. The van der Waals surface area contributed by atoms with E-state index in [9.17, 15) is 10.2 Å². The molecule has 0 radical (unpaired) electrons. The van der Waals surface area contributed by atoms with E-state index >= 15 is 0 Å². The van der Waals surface area contributed by atoms with Crippen molar-refractivity contribution in [2.45, 2.75) is 100 Å². The summed E-state index contributed by atoms with van der Waals surface area (Å²) in [5.74, 6) is 0.285. The minimum Gasteiger partial charge on any atom is -0.392 e. The second-order valence-corrected chi connectivity index (χ2v) is 6.83. The zero-order valence-corrected chi connectivity index (χ0v) is 17.3. The average molecular weight is 338 g/mol. The molecule has 1 aliphatic rings. The fourth-order valence-corrected chi connectivity index (χ4v) is 3.41. The van der Waals surface area contributed by atoms with E-state index in [-0.39, 0.29) is 17.9 Å². The van der Waals surface area contributed by atoms with Gasteiger partial charge in [0.15, 0.2) is 0 Å². The minimum absolute atomic E-state index is 0.00259. The molecule has 140 valence electrons. The van der Waals surface area contributed by atoms with E-state index in [1.807, 2.05) is 34.6 Å². The molecule has 0 spiro atoms. The number of hydrogen-bond donors (Lipinski definition) is 2. The van der Waals surface area contributed by atoms with Gasteiger partial charge in [-0.1, -0.05) is 61.8 Å². The predicted octanol–water partition coefficient (Wildman–Crippen LogP) is 5.45. The average Bonchev–Trinajstić information content (AvgIpc) is 2.57. The second kappa shape index (κ2) is 10.1. The number of aliphatic hydroxyl groups is 2. The number of fused-ring (bicyclic) bond motifs is 1. The molecule has 0 aliphatic heterocycles. The molecule has 3 heteroatoms. The number of hydrogen-bond acceptors (Lipinski definition) is 3. The SMILES string of the molecule is CC.CC.CCC1(C)Cc2nc(C(C)C)c(CO)c(C)c2C(O)C1. The Labute approximate surface area is 149 Å². The lowest BCUT2D eigenvalue weighted by Crippen LogP contribution is -2.30. The molecule has 1 aliphatic carbocycles. The molecule has 0 saturated carbocycles. The fourth-order valence-electron chi connectivity index (χ4n) is 3.41. The molecule has 3 nitrogen and oxygen atoms in total. The lowest BCUT2D eigenvalue weighted by molar-refractivity contribution is 0.0852. The van der Waals surface area contributed by atoms with E-state index in [2.05, 4.69) is 27.7 Å². The minimum atomic E-state index is -0.456. The summed E-state index contributed by atoms with van der Waals surface area (Å²) in [4.78, 5) is 4.82. The van der Waals surface area contributed by atoms with Crippen LogP contribution in [-0.4, -0.2) is 15.2 Å². The fraction of sp³-hybridized carbons (Fsp3) is 0.762. The van der Waals surface area contributed by atoms with Crippen LogP contribution in [0.3, 0.4) is 0 Å². The summed E-state index contributed by atoms with van der Waals surface area (Å²) in [5, 5.41) is 20.2. The van der Waals surface area contributed by atoms with Crippen LogP contribution < -0.4 is 0 Å². The first-order chi connectivity index (χ1) is 11.3. The zero-order valence-electron chi connectivity index (χ0n) is 17.3.